The summed E-state index contributed by atoms with van der Waals surface area (Å²) in [5.74, 6) is -1.32. The molecule has 2 unspecified atom stereocenters. The number of esters is 1. The van der Waals surface area contributed by atoms with Crippen LogP contribution in [0.5, 0.6) is 0 Å². The third-order valence-corrected chi connectivity index (χ3v) is 3.09. The first-order valence-electron chi connectivity index (χ1n) is 4.65. The van der Waals surface area contributed by atoms with E-state index in [1.54, 1.807) is 6.08 Å². The van der Waals surface area contributed by atoms with Crippen molar-refractivity contribution in [3.05, 3.63) is 11.6 Å². The number of ether oxygens (including phenoxy) is 1. The molecule has 0 amide bonds. The number of allylic oxidation sites excluding steroid dienone is 1. The van der Waals surface area contributed by atoms with Gasteiger partial charge in [0.2, 0.25) is 0 Å². The van der Waals surface area contributed by atoms with E-state index in [1.807, 2.05) is 6.92 Å². The summed E-state index contributed by atoms with van der Waals surface area (Å²) < 4.78 is 5.00. The zero-order valence-electron chi connectivity index (χ0n) is 7.95. The summed E-state index contributed by atoms with van der Waals surface area (Å²) in [4.78, 5) is 22.3. The van der Waals surface area contributed by atoms with Crippen LogP contribution in [0.25, 0.3) is 0 Å². The van der Waals surface area contributed by atoms with E-state index in [1.165, 1.54) is 0 Å². The molecule has 1 heterocycles. The lowest BCUT2D eigenvalue weighted by molar-refractivity contribution is -0.152. The van der Waals surface area contributed by atoms with Gasteiger partial charge in [0.15, 0.2) is 0 Å². The molecule has 0 spiro atoms. The number of carbonyl (C=O) groups excluding carboxylic acids is 1. The molecule has 0 aromatic heterocycles. The predicted octanol–water partition coefficient (Wildman–Crippen LogP) is 1.11. The third kappa shape index (κ3) is 1.14. The van der Waals surface area contributed by atoms with Gasteiger partial charge in [-0.05, 0) is 25.8 Å². The van der Waals surface area contributed by atoms with Crippen LogP contribution in [0.4, 0.5) is 0 Å². The second-order valence-corrected chi connectivity index (χ2v) is 4.06. The molecule has 4 nitrogen and oxygen atoms in total. The molecule has 4 heteroatoms. The molecule has 2 atom stereocenters. The van der Waals surface area contributed by atoms with Crippen molar-refractivity contribution in [2.75, 3.05) is 0 Å². The van der Waals surface area contributed by atoms with Crippen LogP contribution in [0.15, 0.2) is 11.6 Å². The van der Waals surface area contributed by atoms with Gasteiger partial charge in [-0.25, -0.2) is 0 Å². The Kier molecular flexibility index (Phi) is 1.87. The minimum Gasteiger partial charge on any atom is -0.481 e. The molecular formula is C10H12O4. The van der Waals surface area contributed by atoms with Crippen molar-refractivity contribution in [1.82, 2.24) is 0 Å². The Bertz CT molecular complexity index is 331. The molecule has 0 radical (unpaired) electrons. The Morgan fingerprint density at radius 1 is 1.71 bits per heavy atom. The van der Waals surface area contributed by atoms with Gasteiger partial charge in [0.25, 0.3) is 0 Å². The van der Waals surface area contributed by atoms with E-state index in [0.717, 1.165) is 12.0 Å². The van der Waals surface area contributed by atoms with Gasteiger partial charge in [-0.3, -0.25) is 9.59 Å². The summed E-state index contributed by atoms with van der Waals surface area (Å²) in [6, 6.07) is 0. The van der Waals surface area contributed by atoms with Crippen molar-refractivity contribution >= 4 is 11.9 Å². The van der Waals surface area contributed by atoms with E-state index in [4.69, 9.17) is 9.84 Å². The van der Waals surface area contributed by atoms with Gasteiger partial charge in [-0.15, -0.1) is 0 Å². The number of carboxylic acid groups (broad SMARTS) is 1. The van der Waals surface area contributed by atoms with Crippen LogP contribution >= 0.6 is 0 Å². The van der Waals surface area contributed by atoms with E-state index in [9.17, 15) is 9.59 Å². The largest absolute Gasteiger partial charge is 0.481 e. The van der Waals surface area contributed by atoms with Gasteiger partial charge in [0.1, 0.15) is 11.5 Å². The third-order valence-electron chi connectivity index (χ3n) is 3.09. The van der Waals surface area contributed by atoms with Gasteiger partial charge in [-0.1, -0.05) is 5.57 Å². The maximum Gasteiger partial charge on any atom is 0.314 e. The Morgan fingerprint density at radius 2 is 2.43 bits per heavy atom. The number of hydrogen-bond acceptors (Lipinski definition) is 3. The molecule has 76 valence electrons. The molecule has 0 aromatic carbocycles. The molecular weight excluding hydrogens is 184 g/mol. The Labute approximate surface area is 81.6 Å². The number of hydrogen-bond donors (Lipinski definition) is 1. The first-order chi connectivity index (χ1) is 6.54. The topological polar surface area (TPSA) is 63.6 Å². The highest BCUT2D eigenvalue weighted by Crippen LogP contribution is 2.45. The van der Waals surface area contributed by atoms with Crippen LogP contribution in [0, 0.1) is 5.41 Å². The summed E-state index contributed by atoms with van der Waals surface area (Å²) in [7, 11) is 0. The van der Waals surface area contributed by atoms with Gasteiger partial charge in [0, 0.05) is 0 Å². The highest BCUT2D eigenvalue weighted by Gasteiger charge is 2.55. The van der Waals surface area contributed by atoms with Crippen LogP contribution in [0.3, 0.4) is 0 Å². The van der Waals surface area contributed by atoms with Gasteiger partial charge >= 0.3 is 11.9 Å². The molecule has 0 aromatic rings. The summed E-state index contributed by atoms with van der Waals surface area (Å²) in [6.45, 7) is 1.93. The Hall–Kier alpha value is -1.32. The lowest BCUT2D eigenvalue weighted by atomic mass is 9.72. The number of aliphatic carboxylic acids is 1. The van der Waals surface area contributed by atoms with Crippen molar-refractivity contribution in [2.45, 2.75) is 32.3 Å². The number of fused-ring (bicyclic) bond motifs is 1. The normalized spacial score (nSPS) is 35.9. The summed E-state index contributed by atoms with van der Waals surface area (Å²) >= 11 is 0. The molecule has 1 N–H and O–H groups in total. The smallest absolute Gasteiger partial charge is 0.314 e. The molecule has 1 aliphatic heterocycles. The lowest BCUT2D eigenvalue weighted by Crippen LogP contribution is -2.40. The summed E-state index contributed by atoms with van der Waals surface area (Å²) in [6.07, 6.45) is 2.46. The zero-order chi connectivity index (χ0) is 10.3. The molecule has 14 heavy (non-hydrogen) atoms. The fourth-order valence-corrected chi connectivity index (χ4v) is 2.14. The Balaban J connectivity index is 2.39. The minimum absolute atomic E-state index is 0.0107. The molecule has 1 saturated heterocycles. The van der Waals surface area contributed by atoms with Crippen LogP contribution in [0.1, 0.15) is 26.2 Å². The average Bonchev–Trinajstić information content (AvgIpc) is 2.41. The van der Waals surface area contributed by atoms with Crippen molar-refractivity contribution in [3.8, 4) is 0 Å². The molecule has 1 aliphatic carbocycles. The number of carboxylic acids is 1. The van der Waals surface area contributed by atoms with E-state index < -0.39 is 23.5 Å². The molecule has 2 aliphatic rings. The Morgan fingerprint density at radius 3 is 3.07 bits per heavy atom. The second kappa shape index (κ2) is 2.83. The standard InChI is InChI=1S/C10H12O4/c1-6-2-3-10(9(12)13)5-8(11)14-7(10)4-6/h4,7H,2-3,5H2,1H3,(H,12,13). The van der Waals surface area contributed by atoms with Gasteiger partial charge < -0.3 is 9.84 Å². The van der Waals surface area contributed by atoms with Crippen LogP contribution in [-0.4, -0.2) is 23.1 Å². The maximum atomic E-state index is 11.1. The molecule has 2 rings (SSSR count). The minimum atomic E-state index is -0.989. The first-order valence-corrected chi connectivity index (χ1v) is 4.65. The fraction of sp³-hybridized carbons (Fsp3) is 0.600. The van der Waals surface area contributed by atoms with E-state index in [2.05, 4.69) is 0 Å². The predicted molar refractivity (Wildman–Crippen MR) is 47.6 cm³/mol. The van der Waals surface area contributed by atoms with Crippen LogP contribution < -0.4 is 0 Å². The first kappa shape index (κ1) is 9.24. The van der Waals surface area contributed by atoms with Crippen LogP contribution in [0.2, 0.25) is 0 Å². The molecule has 0 saturated carbocycles. The summed E-state index contributed by atoms with van der Waals surface area (Å²) in [5, 5.41) is 9.14. The van der Waals surface area contributed by atoms with Crippen molar-refractivity contribution in [1.29, 1.82) is 0 Å². The highest BCUT2D eigenvalue weighted by atomic mass is 16.6. The van der Waals surface area contributed by atoms with Crippen molar-refractivity contribution in [3.63, 3.8) is 0 Å². The highest BCUT2D eigenvalue weighted by molar-refractivity contribution is 5.87. The van der Waals surface area contributed by atoms with E-state index in [-0.39, 0.29) is 6.42 Å². The summed E-state index contributed by atoms with van der Waals surface area (Å²) in [5.41, 5.74) is 0.109. The fourth-order valence-electron chi connectivity index (χ4n) is 2.14. The number of carbonyl (C=O) groups is 2. The van der Waals surface area contributed by atoms with Gasteiger partial charge in [-0.2, -0.15) is 0 Å². The quantitative estimate of drug-likeness (QED) is 0.504. The van der Waals surface area contributed by atoms with E-state index >= 15 is 0 Å². The SMILES string of the molecule is CC1=CC2OC(=O)CC2(C(=O)O)CC1. The lowest BCUT2D eigenvalue weighted by Gasteiger charge is -2.30. The van der Waals surface area contributed by atoms with Gasteiger partial charge in [0.05, 0.1) is 6.42 Å². The molecule has 0 bridgehead atoms. The number of rotatable bonds is 1. The van der Waals surface area contributed by atoms with Crippen molar-refractivity contribution < 1.29 is 19.4 Å². The maximum absolute atomic E-state index is 11.1. The average molecular weight is 196 g/mol. The van der Waals surface area contributed by atoms with E-state index in [0.29, 0.717) is 6.42 Å². The van der Waals surface area contributed by atoms with Crippen LogP contribution in [-0.2, 0) is 14.3 Å². The molecule has 1 fully saturated rings. The monoisotopic (exact) mass is 196 g/mol. The second-order valence-electron chi connectivity index (χ2n) is 4.06. The zero-order valence-corrected chi connectivity index (χ0v) is 7.95. The van der Waals surface area contributed by atoms with Crippen molar-refractivity contribution in [2.24, 2.45) is 5.41 Å².